The summed E-state index contributed by atoms with van der Waals surface area (Å²) in [7, 11) is -1.52. The summed E-state index contributed by atoms with van der Waals surface area (Å²) in [5.74, 6) is -0.0251. The summed E-state index contributed by atoms with van der Waals surface area (Å²) in [6, 6.07) is 3.82. The average Bonchev–Trinajstić information content (AvgIpc) is 2.93. The lowest BCUT2D eigenvalue weighted by Gasteiger charge is -2.52. The van der Waals surface area contributed by atoms with Crippen LogP contribution in [0.15, 0.2) is 24.3 Å². The zero-order valence-electron chi connectivity index (χ0n) is 27.2. The SMILES string of the molecule is CC(C)c1nc2c(c(C3=CCOCC3)c1[C@@H](O)c1ccc(C(F)(F)F)c(CN)c1)C(OS(C)(C)C(C)(C)C)CC1(CCC1)C2. The van der Waals surface area contributed by atoms with E-state index in [4.69, 9.17) is 19.6 Å². The molecule has 1 aliphatic heterocycles. The maximum atomic E-state index is 13.8. The van der Waals surface area contributed by atoms with Crippen molar-refractivity contribution in [2.45, 2.75) is 109 Å². The molecule has 0 bridgehead atoms. The molecule has 2 atom stereocenters. The van der Waals surface area contributed by atoms with Crippen LogP contribution in [0.3, 0.4) is 0 Å². The minimum absolute atomic E-state index is 0.0251. The van der Waals surface area contributed by atoms with Gasteiger partial charge in [0, 0.05) is 33.8 Å². The van der Waals surface area contributed by atoms with Crippen molar-refractivity contribution < 1.29 is 27.2 Å². The van der Waals surface area contributed by atoms with E-state index in [0.29, 0.717) is 30.8 Å². The fourth-order valence-corrected chi connectivity index (χ4v) is 7.91. The van der Waals surface area contributed by atoms with Crippen LogP contribution in [0.1, 0.15) is 130 Å². The number of nitrogens with two attached hydrogens (primary N) is 1. The van der Waals surface area contributed by atoms with Crippen LogP contribution in [0.2, 0.25) is 0 Å². The predicted molar refractivity (Wildman–Crippen MR) is 173 cm³/mol. The molecule has 0 radical (unpaired) electrons. The predicted octanol–water partition coefficient (Wildman–Crippen LogP) is 8.52. The van der Waals surface area contributed by atoms with E-state index < -0.39 is 28.2 Å². The molecular formula is C35H49F3N2O3S. The topological polar surface area (TPSA) is 77.6 Å². The van der Waals surface area contributed by atoms with Crippen LogP contribution in [0, 0.1) is 5.41 Å². The Morgan fingerprint density at radius 3 is 2.41 bits per heavy atom. The molecule has 0 amide bonds. The summed E-state index contributed by atoms with van der Waals surface area (Å²) in [6.45, 7) is 11.5. The van der Waals surface area contributed by atoms with E-state index in [1.54, 1.807) is 0 Å². The summed E-state index contributed by atoms with van der Waals surface area (Å²) in [5, 5.41) is 12.2. The molecule has 244 valence electrons. The smallest absolute Gasteiger partial charge is 0.384 e. The molecule has 9 heteroatoms. The first-order valence-corrected chi connectivity index (χ1v) is 18.2. The molecule has 1 fully saturated rings. The maximum Gasteiger partial charge on any atom is 0.416 e. The van der Waals surface area contributed by atoms with Crippen LogP contribution in [0.5, 0.6) is 0 Å². The van der Waals surface area contributed by atoms with Crippen molar-refractivity contribution in [1.29, 1.82) is 0 Å². The maximum absolute atomic E-state index is 13.8. The Bertz CT molecular complexity index is 1420. The van der Waals surface area contributed by atoms with E-state index in [9.17, 15) is 18.3 Å². The second kappa shape index (κ2) is 12.0. The highest BCUT2D eigenvalue weighted by atomic mass is 32.3. The van der Waals surface area contributed by atoms with E-state index in [0.717, 1.165) is 59.8 Å². The second-order valence-electron chi connectivity index (χ2n) is 14.5. The largest absolute Gasteiger partial charge is 0.416 e. The third kappa shape index (κ3) is 6.24. The van der Waals surface area contributed by atoms with Gasteiger partial charge in [0.1, 0.15) is 6.10 Å². The quantitative estimate of drug-likeness (QED) is 0.319. The first-order chi connectivity index (χ1) is 20.5. The summed E-state index contributed by atoms with van der Waals surface area (Å²) >= 11 is 0. The molecule has 0 saturated heterocycles. The zero-order chi connectivity index (χ0) is 32.2. The lowest BCUT2D eigenvalue weighted by molar-refractivity contribution is -0.138. The van der Waals surface area contributed by atoms with Crippen LogP contribution in [0.4, 0.5) is 13.2 Å². The molecule has 3 aliphatic rings. The Morgan fingerprint density at radius 2 is 1.89 bits per heavy atom. The standard InChI is InChI=1S/C35H49F3N2O3S/c1-21(2)31-30(32(41)23-9-10-25(35(36,37)38)24(17-23)20-39)28(22-11-15-42-16-12-22)29-26(40-31)18-34(13-8-14-34)19-27(29)43-44(6,7)33(3,4)5/h9-11,17,21,27,32,41H,8,12-16,18-20,39H2,1-7H3/t27?,32-/m0/s1. The normalized spacial score (nSPS) is 21.6. The minimum Gasteiger partial charge on any atom is -0.384 e. The fourth-order valence-electron chi connectivity index (χ4n) is 6.87. The molecule has 1 saturated carbocycles. The van der Waals surface area contributed by atoms with Gasteiger partial charge in [-0.15, -0.1) is 10.3 Å². The van der Waals surface area contributed by atoms with Crippen molar-refractivity contribution >= 4 is 15.9 Å². The van der Waals surface area contributed by atoms with E-state index >= 15 is 0 Å². The first-order valence-electron chi connectivity index (χ1n) is 15.8. The molecule has 2 aromatic rings. The van der Waals surface area contributed by atoms with Gasteiger partial charge in [0.15, 0.2) is 0 Å². The van der Waals surface area contributed by atoms with Gasteiger partial charge in [-0.1, -0.05) is 59.2 Å². The Labute approximate surface area is 262 Å². The molecule has 1 spiro atoms. The van der Waals surface area contributed by atoms with Gasteiger partial charge in [-0.2, -0.15) is 13.2 Å². The van der Waals surface area contributed by atoms with Gasteiger partial charge in [0.05, 0.1) is 24.9 Å². The second-order valence-corrected chi connectivity index (χ2v) is 18.4. The van der Waals surface area contributed by atoms with E-state index in [2.05, 4.69) is 53.2 Å². The van der Waals surface area contributed by atoms with Crippen LogP contribution in [-0.4, -0.2) is 40.6 Å². The number of aromatic nitrogens is 1. The number of aliphatic hydroxyl groups excluding tert-OH is 1. The number of hydrogen-bond donors (Lipinski definition) is 2. The highest BCUT2D eigenvalue weighted by Gasteiger charge is 2.48. The number of alkyl halides is 3. The molecule has 3 N–H and O–H groups in total. The van der Waals surface area contributed by atoms with Gasteiger partial charge in [-0.05, 0) is 84.3 Å². The number of hydrogen-bond acceptors (Lipinski definition) is 5. The van der Waals surface area contributed by atoms with Gasteiger partial charge in [0.25, 0.3) is 0 Å². The molecule has 44 heavy (non-hydrogen) atoms. The zero-order valence-corrected chi connectivity index (χ0v) is 28.1. The van der Waals surface area contributed by atoms with Crippen molar-refractivity contribution in [2.24, 2.45) is 11.1 Å². The number of benzene rings is 1. The van der Waals surface area contributed by atoms with Gasteiger partial charge >= 0.3 is 6.18 Å². The molecule has 2 heterocycles. The number of nitrogens with zero attached hydrogens (tertiary/aromatic N) is 1. The molecule has 5 nitrogen and oxygen atoms in total. The number of pyridine rings is 1. The van der Waals surface area contributed by atoms with Gasteiger partial charge in [-0.3, -0.25) is 4.98 Å². The molecule has 2 aliphatic carbocycles. The Kier molecular flexibility index (Phi) is 9.15. The number of aliphatic hydroxyl groups is 1. The van der Waals surface area contributed by atoms with Gasteiger partial charge in [0.2, 0.25) is 0 Å². The summed E-state index contributed by atoms with van der Waals surface area (Å²) in [5.41, 5.74) is 11.1. The first kappa shape index (κ1) is 33.5. The molecular weight excluding hydrogens is 585 g/mol. The van der Waals surface area contributed by atoms with Crippen molar-refractivity contribution in [2.75, 3.05) is 25.7 Å². The van der Waals surface area contributed by atoms with E-state index in [1.807, 2.05) is 0 Å². The van der Waals surface area contributed by atoms with Crippen LogP contribution < -0.4 is 5.73 Å². The van der Waals surface area contributed by atoms with Crippen LogP contribution in [-0.2, 0) is 28.1 Å². The number of halogens is 3. The monoisotopic (exact) mass is 634 g/mol. The number of rotatable bonds is 7. The van der Waals surface area contributed by atoms with Gasteiger partial charge < -0.3 is 19.8 Å². The third-order valence-electron chi connectivity index (χ3n) is 10.2. The van der Waals surface area contributed by atoms with E-state index in [-0.39, 0.29) is 34.3 Å². The highest BCUT2D eigenvalue weighted by Crippen LogP contribution is 2.63. The molecule has 1 unspecified atom stereocenters. The average molecular weight is 635 g/mol. The lowest BCUT2D eigenvalue weighted by Crippen LogP contribution is -2.40. The minimum atomic E-state index is -4.53. The highest BCUT2D eigenvalue weighted by molar-refractivity contribution is 8.29. The van der Waals surface area contributed by atoms with Crippen molar-refractivity contribution in [1.82, 2.24) is 4.98 Å². The molecule has 1 aromatic heterocycles. The lowest BCUT2D eigenvalue weighted by atomic mass is 9.59. The van der Waals surface area contributed by atoms with Crippen molar-refractivity contribution in [3.63, 3.8) is 0 Å². The van der Waals surface area contributed by atoms with E-state index in [1.165, 1.54) is 18.6 Å². The number of ether oxygens (including phenoxy) is 1. The molecule has 1 aromatic carbocycles. The van der Waals surface area contributed by atoms with Crippen molar-refractivity contribution in [3.05, 3.63) is 69.0 Å². The molecule has 5 rings (SSSR count). The van der Waals surface area contributed by atoms with Crippen LogP contribution in [0.25, 0.3) is 5.57 Å². The number of fused-ring (bicyclic) bond motifs is 1. The Morgan fingerprint density at radius 1 is 1.18 bits per heavy atom. The fraction of sp³-hybridized carbons (Fsp3) is 0.629. The summed E-state index contributed by atoms with van der Waals surface area (Å²) in [4.78, 5) is 5.34. The summed E-state index contributed by atoms with van der Waals surface area (Å²) < 4.78 is 54.2. The van der Waals surface area contributed by atoms with Crippen molar-refractivity contribution in [3.8, 4) is 0 Å². The summed E-state index contributed by atoms with van der Waals surface area (Å²) in [6.07, 6.45) is 6.57. The van der Waals surface area contributed by atoms with Gasteiger partial charge in [-0.25, -0.2) is 0 Å². The third-order valence-corrected chi connectivity index (χ3v) is 13.8. The van der Waals surface area contributed by atoms with Crippen LogP contribution >= 0.6 is 10.3 Å². The Hall–Kier alpha value is -1.91. The Balaban J connectivity index is 1.77.